The predicted octanol–water partition coefficient (Wildman–Crippen LogP) is 5.88. The van der Waals surface area contributed by atoms with E-state index in [-0.39, 0.29) is 0 Å². The van der Waals surface area contributed by atoms with Crippen LogP contribution in [0, 0.1) is 22.7 Å². The summed E-state index contributed by atoms with van der Waals surface area (Å²) in [5.41, 5.74) is 2.20. The van der Waals surface area contributed by atoms with Gasteiger partial charge < -0.3 is 14.2 Å². The molecule has 2 aliphatic carbocycles. The van der Waals surface area contributed by atoms with Crippen LogP contribution in [0.15, 0.2) is 29.8 Å². The first kappa shape index (κ1) is 19.1. The van der Waals surface area contributed by atoms with Crippen LogP contribution in [0.3, 0.4) is 0 Å². The minimum atomic E-state index is 0.309. The van der Waals surface area contributed by atoms with E-state index in [2.05, 4.69) is 33.8 Å². The number of rotatable bonds is 5. The van der Waals surface area contributed by atoms with Gasteiger partial charge >= 0.3 is 0 Å². The highest BCUT2D eigenvalue weighted by Gasteiger charge is 2.52. The van der Waals surface area contributed by atoms with Crippen LogP contribution in [0.5, 0.6) is 17.2 Å². The van der Waals surface area contributed by atoms with Gasteiger partial charge in [-0.15, -0.1) is 0 Å². The van der Waals surface area contributed by atoms with E-state index in [9.17, 15) is 0 Å². The standard InChI is InChI=1S/C23H34O3/c1-16-8-9-21-22(2,3)10-7-11-23(21,4)20(16)15-26-19-13-17(24-5)12-18(14-19)25-6/h8,12-14,20-21H,7,9-11,15H2,1-6H3/t20-,21?,23+/m0/s1. The molecule has 1 aromatic rings. The largest absolute Gasteiger partial charge is 0.496 e. The monoisotopic (exact) mass is 358 g/mol. The second kappa shape index (κ2) is 7.17. The number of hydrogen-bond donors (Lipinski definition) is 0. The van der Waals surface area contributed by atoms with Gasteiger partial charge in [0.05, 0.1) is 20.8 Å². The van der Waals surface area contributed by atoms with Crippen molar-refractivity contribution in [3.63, 3.8) is 0 Å². The molecule has 0 saturated heterocycles. The van der Waals surface area contributed by atoms with Crippen molar-refractivity contribution in [3.8, 4) is 17.2 Å². The van der Waals surface area contributed by atoms with Crippen LogP contribution in [0.2, 0.25) is 0 Å². The fraction of sp³-hybridized carbons (Fsp3) is 0.652. The summed E-state index contributed by atoms with van der Waals surface area (Å²) in [7, 11) is 3.34. The normalized spacial score (nSPS) is 30.2. The van der Waals surface area contributed by atoms with Gasteiger partial charge in [-0.25, -0.2) is 0 Å². The van der Waals surface area contributed by atoms with Crippen LogP contribution in [0.1, 0.15) is 53.4 Å². The zero-order valence-electron chi connectivity index (χ0n) is 17.2. The molecule has 26 heavy (non-hydrogen) atoms. The summed E-state index contributed by atoms with van der Waals surface area (Å²) in [5, 5.41) is 0. The minimum absolute atomic E-state index is 0.309. The molecule has 0 N–H and O–H groups in total. The van der Waals surface area contributed by atoms with Gasteiger partial charge in [-0.2, -0.15) is 0 Å². The first-order valence-electron chi connectivity index (χ1n) is 9.82. The van der Waals surface area contributed by atoms with E-state index < -0.39 is 0 Å². The summed E-state index contributed by atoms with van der Waals surface area (Å²) in [4.78, 5) is 0. The Hall–Kier alpha value is -1.64. The first-order valence-corrected chi connectivity index (χ1v) is 9.82. The van der Waals surface area contributed by atoms with Crippen LogP contribution in [0.25, 0.3) is 0 Å². The van der Waals surface area contributed by atoms with E-state index in [1.807, 2.05) is 18.2 Å². The van der Waals surface area contributed by atoms with Crippen molar-refractivity contribution in [2.45, 2.75) is 53.4 Å². The molecule has 0 aliphatic heterocycles. The highest BCUT2D eigenvalue weighted by atomic mass is 16.5. The summed E-state index contributed by atoms with van der Waals surface area (Å²) in [6, 6.07) is 5.75. The average Bonchev–Trinajstić information content (AvgIpc) is 2.59. The smallest absolute Gasteiger partial charge is 0.126 e. The molecule has 144 valence electrons. The maximum absolute atomic E-state index is 6.28. The van der Waals surface area contributed by atoms with Gasteiger partial charge in [0.1, 0.15) is 17.2 Å². The van der Waals surface area contributed by atoms with Gasteiger partial charge in [0.25, 0.3) is 0 Å². The topological polar surface area (TPSA) is 27.7 Å². The lowest BCUT2D eigenvalue weighted by Gasteiger charge is -2.56. The number of fused-ring (bicyclic) bond motifs is 1. The third-order valence-electron chi connectivity index (χ3n) is 7.04. The molecular weight excluding hydrogens is 324 g/mol. The Morgan fingerprint density at radius 2 is 1.58 bits per heavy atom. The Kier molecular flexibility index (Phi) is 5.28. The Bertz CT molecular complexity index is 654. The summed E-state index contributed by atoms with van der Waals surface area (Å²) >= 11 is 0. The van der Waals surface area contributed by atoms with Gasteiger partial charge in [-0.05, 0) is 42.9 Å². The molecule has 2 aliphatic rings. The minimum Gasteiger partial charge on any atom is -0.496 e. The number of benzene rings is 1. The van der Waals surface area contributed by atoms with E-state index >= 15 is 0 Å². The van der Waals surface area contributed by atoms with Crippen LogP contribution >= 0.6 is 0 Å². The summed E-state index contributed by atoms with van der Waals surface area (Å²) in [6.45, 7) is 10.4. The molecule has 1 unspecified atom stereocenters. The van der Waals surface area contributed by atoms with Gasteiger partial charge in [0, 0.05) is 24.1 Å². The summed E-state index contributed by atoms with van der Waals surface area (Å²) in [5.74, 6) is 3.52. The maximum atomic E-state index is 6.28. The lowest BCUT2D eigenvalue weighted by atomic mass is 9.49. The molecule has 1 saturated carbocycles. The van der Waals surface area contributed by atoms with E-state index in [0.717, 1.165) is 23.2 Å². The molecule has 3 nitrogen and oxygen atoms in total. The molecule has 3 rings (SSSR count). The lowest BCUT2D eigenvalue weighted by Crippen LogP contribution is -2.50. The molecule has 0 heterocycles. The van der Waals surface area contributed by atoms with Crippen molar-refractivity contribution in [3.05, 3.63) is 29.8 Å². The average molecular weight is 359 g/mol. The molecule has 1 fully saturated rings. The van der Waals surface area contributed by atoms with Crippen LogP contribution in [-0.2, 0) is 0 Å². The fourth-order valence-corrected chi connectivity index (χ4v) is 5.50. The Morgan fingerprint density at radius 1 is 0.962 bits per heavy atom. The maximum Gasteiger partial charge on any atom is 0.126 e. The highest BCUT2D eigenvalue weighted by molar-refractivity contribution is 5.42. The third kappa shape index (κ3) is 3.45. The summed E-state index contributed by atoms with van der Waals surface area (Å²) < 4.78 is 17.0. The van der Waals surface area contributed by atoms with Crippen molar-refractivity contribution in [1.82, 2.24) is 0 Å². The molecule has 0 amide bonds. The predicted molar refractivity (Wildman–Crippen MR) is 106 cm³/mol. The van der Waals surface area contributed by atoms with E-state index in [4.69, 9.17) is 14.2 Å². The van der Waals surface area contributed by atoms with Gasteiger partial charge in [-0.1, -0.05) is 38.8 Å². The molecule has 1 aromatic carbocycles. The number of hydrogen-bond acceptors (Lipinski definition) is 3. The molecular formula is C23H34O3. The van der Waals surface area contributed by atoms with Crippen molar-refractivity contribution < 1.29 is 14.2 Å². The van der Waals surface area contributed by atoms with E-state index in [0.29, 0.717) is 23.4 Å². The molecule has 0 spiro atoms. The quantitative estimate of drug-likeness (QED) is 0.615. The number of methoxy groups -OCH3 is 2. The van der Waals surface area contributed by atoms with Crippen molar-refractivity contribution >= 4 is 0 Å². The third-order valence-corrected chi connectivity index (χ3v) is 7.04. The zero-order chi connectivity index (χ0) is 18.9. The SMILES string of the molecule is COc1cc(OC)cc(OC[C@H]2C(C)=CCC3C(C)(C)CCC[C@@]32C)c1. The van der Waals surface area contributed by atoms with Gasteiger partial charge in [0.15, 0.2) is 0 Å². The van der Waals surface area contributed by atoms with Crippen molar-refractivity contribution in [1.29, 1.82) is 0 Å². The van der Waals surface area contributed by atoms with E-state index in [1.165, 1.54) is 31.3 Å². The molecule has 3 heteroatoms. The molecule has 0 aromatic heterocycles. The molecule has 0 radical (unpaired) electrons. The van der Waals surface area contributed by atoms with Gasteiger partial charge in [0.2, 0.25) is 0 Å². The van der Waals surface area contributed by atoms with Crippen LogP contribution in [0.4, 0.5) is 0 Å². The van der Waals surface area contributed by atoms with Crippen LogP contribution < -0.4 is 14.2 Å². The molecule has 0 bridgehead atoms. The Labute approximate surface area is 158 Å². The number of allylic oxidation sites excluding steroid dienone is 1. The lowest BCUT2D eigenvalue weighted by molar-refractivity contribution is -0.0481. The highest BCUT2D eigenvalue weighted by Crippen LogP contribution is 2.59. The van der Waals surface area contributed by atoms with E-state index in [1.54, 1.807) is 14.2 Å². The van der Waals surface area contributed by atoms with Crippen LogP contribution in [-0.4, -0.2) is 20.8 Å². The van der Waals surface area contributed by atoms with Gasteiger partial charge in [-0.3, -0.25) is 0 Å². The Morgan fingerprint density at radius 3 is 2.19 bits per heavy atom. The second-order valence-electron chi connectivity index (χ2n) is 9.00. The Balaban J connectivity index is 1.82. The van der Waals surface area contributed by atoms with Crippen molar-refractivity contribution in [2.75, 3.05) is 20.8 Å². The zero-order valence-corrected chi connectivity index (χ0v) is 17.2. The molecule has 3 atom stereocenters. The number of ether oxygens (including phenoxy) is 3. The fourth-order valence-electron chi connectivity index (χ4n) is 5.50. The summed E-state index contributed by atoms with van der Waals surface area (Å²) in [6.07, 6.45) is 7.61. The second-order valence-corrected chi connectivity index (χ2v) is 9.00. The first-order chi connectivity index (χ1) is 12.3. The van der Waals surface area contributed by atoms with Crippen molar-refractivity contribution in [2.24, 2.45) is 22.7 Å².